The van der Waals surface area contributed by atoms with Gasteiger partial charge >= 0.3 is 0 Å². The van der Waals surface area contributed by atoms with Crippen LogP contribution in [0.5, 0.6) is 0 Å². The Labute approximate surface area is 106 Å². The van der Waals surface area contributed by atoms with E-state index in [-0.39, 0.29) is 11.5 Å². The van der Waals surface area contributed by atoms with E-state index in [9.17, 15) is 0 Å². The Morgan fingerprint density at radius 3 is 2.18 bits per heavy atom. The third kappa shape index (κ3) is 3.11. The minimum atomic E-state index is -0.525. The maximum Gasteiger partial charge on any atom is 0.188 e. The molecule has 0 N–H and O–H groups in total. The lowest BCUT2D eigenvalue weighted by molar-refractivity contribution is -0.121. The fraction of sp³-hybridized carbons (Fsp3) is 0.867. The minimum Gasteiger partial charge on any atom is -0.344 e. The van der Waals surface area contributed by atoms with Gasteiger partial charge in [0.25, 0.3) is 0 Å². The van der Waals surface area contributed by atoms with Gasteiger partial charge in [0.05, 0.1) is 12.7 Å². The van der Waals surface area contributed by atoms with Gasteiger partial charge in [-0.2, -0.15) is 0 Å². The Hall–Kier alpha value is -0.340. The molecule has 17 heavy (non-hydrogen) atoms. The first-order valence-corrected chi connectivity index (χ1v) is 6.57. The van der Waals surface area contributed by atoms with Crippen LogP contribution in [0.15, 0.2) is 11.1 Å². The van der Waals surface area contributed by atoms with E-state index < -0.39 is 5.79 Å². The standard InChI is InChI=1S/C15H28O2/c1-10-9-16-15(8,17-10)13(4)11(2)12(3)14(5,6)7/h10,12H,9H2,1-8H3/b13-11+. The highest BCUT2D eigenvalue weighted by atomic mass is 16.7. The molecule has 100 valence electrons. The molecule has 0 aromatic carbocycles. The van der Waals surface area contributed by atoms with Gasteiger partial charge in [-0.15, -0.1) is 0 Å². The van der Waals surface area contributed by atoms with E-state index in [0.717, 1.165) is 0 Å². The van der Waals surface area contributed by atoms with E-state index >= 15 is 0 Å². The molecular weight excluding hydrogens is 212 g/mol. The highest BCUT2D eigenvalue weighted by molar-refractivity contribution is 5.21. The van der Waals surface area contributed by atoms with Gasteiger partial charge < -0.3 is 9.47 Å². The smallest absolute Gasteiger partial charge is 0.188 e. The zero-order valence-electron chi connectivity index (χ0n) is 12.7. The second-order valence-corrected chi connectivity index (χ2v) is 6.58. The quantitative estimate of drug-likeness (QED) is 0.675. The molecule has 2 nitrogen and oxygen atoms in total. The summed E-state index contributed by atoms with van der Waals surface area (Å²) in [5.74, 6) is -0.00865. The number of hydrogen-bond donors (Lipinski definition) is 0. The summed E-state index contributed by atoms with van der Waals surface area (Å²) in [4.78, 5) is 0. The minimum absolute atomic E-state index is 0.188. The van der Waals surface area contributed by atoms with Crippen molar-refractivity contribution in [2.75, 3.05) is 6.61 Å². The van der Waals surface area contributed by atoms with E-state index in [1.807, 2.05) is 6.92 Å². The van der Waals surface area contributed by atoms with Crippen molar-refractivity contribution in [2.24, 2.45) is 11.3 Å². The zero-order valence-corrected chi connectivity index (χ0v) is 12.7. The third-order valence-corrected chi connectivity index (χ3v) is 4.24. The molecule has 1 saturated heterocycles. The third-order valence-electron chi connectivity index (χ3n) is 4.24. The summed E-state index contributed by atoms with van der Waals surface area (Å²) in [6, 6.07) is 0. The number of ether oxygens (including phenoxy) is 2. The van der Waals surface area contributed by atoms with E-state index in [1.165, 1.54) is 11.1 Å². The largest absolute Gasteiger partial charge is 0.344 e. The van der Waals surface area contributed by atoms with Crippen molar-refractivity contribution in [3.05, 3.63) is 11.1 Å². The van der Waals surface area contributed by atoms with Crippen molar-refractivity contribution in [2.45, 2.75) is 67.3 Å². The average Bonchev–Trinajstić information content (AvgIpc) is 2.55. The molecule has 0 bridgehead atoms. The van der Waals surface area contributed by atoms with Gasteiger partial charge in [-0.1, -0.05) is 33.3 Å². The van der Waals surface area contributed by atoms with Crippen LogP contribution in [0.4, 0.5) is 0 Å². The van der Waals surface area contributed by atoms with Crippen LogP contribution < -0.4 is 0 Å². The van der Waals surface area contributed by atoms with Crippen LogP contribution in [0.2, 0.25) is 0 Å². The first kappa shape index (κ1) is 14.7. The zero-order chi connectivity index (χ0) is 13.4. The molecule has 0 amide bonds. The van der Waals surface area contributed by atoms with E-state index in [1.54, 1.807) is 0 Å². The fourth-order valence-electron chi connectivity index (χ4n) is 2.26. The van der Waals surface area contributed by atoms with Gasteiger partial charge in [0, 0.05) is 0 Å². The Morgan fingerprint density at radius 1 is 1.29 bits per heavy atom. The SMILES string of the molecule is C/C(=C(/C)C1(C)OCC(C)O1)C(C)C(C)(C)C. The van der Waals surface area contributed by atoms with Crippen LogP contribution in [0.3, 0.4) is 0 Å². The van der Waals surface area contributed by atoms with Crippen molar-refractivity contribution in [1.82, 2.24) is 0 Å². The predicted molar refractivity (Wildman–Crippen MR) is 71.9 cm³/mol. The lowest BCUT2D eigenvalue weighted by Crippen LogP contribution is -2.31. The normalized spacial score (nSPS) is 33.5. The monoisotopic (exact) mass is 240 g/mol. The molecule has 0 aliphatic carbocycles. The fourth-order valence-corrected chi connectivity index (χ4v) is 2.26. The molecule has 1 heterocycles. The average molecular weight is 240 g/mol. The van der Waals surface area contributed by atoms with Crippen molar-refractivity contribution >= 4 is 0 Å². The lowest BCUT2D eigenvalue weighted by Gasteiger charge is -2.33. The van der Waals surface area contributed by atoms with Crippen LogP contribution >= 0.6 is 0 Å². The summed E-state index contributed by atoms with van der Waals surface area (Å²) in [6.07, 6.45) is 0.188. The maximum atomic E-state index is 5.91. The lowest BCUT2D eigenvalue weighted by atomic mass is 9.76. The Balaban J connectivity index is 2.97. The van der Waals surface area contributed by atoms with Crippen molar-refractivity contribution in [3.63, 3.8) is 0 Å². The van der Waals surface area contributed by atoms with E-state index in [0.29, 0.717) is 12.5 Å². The molecule has 0 spiro atoms. The van der Waals surface area contributed by atoms with E-state index in [2.05, 4.69) is 48.5 Å². The van der Waals surface area contributed by atoms with Gasteiger partial charge in [0.2, 0.25) is 0 Å². The first-order chi connectivity index (χ1) is 7.58. The molecule has 0 aromatic heterocycles. The van der Waals surface area contributed by atoms with Gasteiger partial charge in [-0.25, -0.2) is 0 Å². The maximum absolute atomic E-state index is 5.91. The van der Waals surface area contributed by atoms with Crippen LogP contribution in [0.25, 0.3) is 0 Å². The summed E-state index contributed by atoms with van der Waals surface area (Å²) in [5.41, 5.74) is 2.88. The second kappa shape index (κ2) is 4.74. The highest BCUT2D eigenvalue weighted by Gasteiger charge is 2.39. The van der Waals surface area contributed by atoms with Crippen LogP contribution in [-0.2, 0) is 9.47 Å². The second-order valence-electron chi connectivity index (χ2n) is 6.58. The van der Waals surface area contributed by atoms with Gasteiger partial charge in [-0.05, 0) is 44.6 Å². The van der Waals surface area contributed by atoms with Crippen molar-refractivity contribution in [1.29, 1.82) is 0 Å². The molecule has 3 unspecified atom stereocenters. The molecule has 1 aliphatic heterocycles. The first-order valence-electron chi connectivity index (χ1n) is 6.57. The van der Waals surface area contributed by atoms with Crippen molar-refractivity contribution < 1.29 is 9.47 Å². The Morgan fingerprint density at radius 2 is 1.82 bits per heavy atom. The van der Waals surface area contributed by atoms with Crippen molar-refractivity contribution in [3.8, 4) is 0 Å². The van der Waals surface area contributed by atoms with Gasteiger partial charge in [0.15, 0.2) is 5.79 Å². The molecule has 1 fully saturated rings. The van der Waals surface area contributed by atoms with Crippen LogP contribution in [0.1, 0.15) is 55.4 Å². The molecular formula is C15H28O2. The number of allylic oxidation sites excluding steroid dienone is 1. The van der Waals surface area contributed by atoms with Gasteiger partial charge in [-0.3, -0.25) is 0 Å². The predicted octanol–water partition coefficient (Wildman–Crippen LogP) is 4.16. The van der Waals surface area contributed by atoms with Crippen LogP contribution in [0, 0.1) is 11.3 Å². The topological polar surface area (TPSA) is 18.5 Å². The number of hydrogen-bond acceptors (Lipinski definition) is 2. The summed E-state index contributed by atoms with van der Waals surface area (Å²) < 4.78 is 11.7. The number of rotatable bonds is 2. The summed E-state index contributed by atoms with van der Waals surface area (Å²) in [5, 5.41) is 0. The molecule has 2 heteroatoms. The molecule has 0 aromatic rings. The highest BCUT2D eigenvalue weighted by Crippen LogP contribution is 2.38. The summed E-state index contributed by atoms with van der Waals surface area (Å²) >= 11 is 0. The molecule has 0 saturated carbocycles. The van der Waals surface area contributed by atoms with E-state index in [4.69, 9.17) is 9.47 Å². The Kier molecular flexibility index (Phi) is 4.10. The summed E-state index contributed by atoms with van der Waals surface area (Å²) in [6.45, 7) is 18.2. The van der Waals surface area contributed by atoms with Gasteiger partial charge in [0.1, 0.15) is 0 Å². The molecule has 3 atom stereocenters. The molecule has 1 rings (SSSR count). The Bertz CT molecular complexity index is 311. The van der Waals surface area contributed by atoms with Crippen LogP contribution in [-0.4, -0.2) is 18.5 Å². The molecule has 1 aliphatic rings. The molecule has 0 radical (unpaired) electrons. The summed E-state index contributed by atoms with van der Waals surface area (Å²) in [7, 11) is 0.